The van der Waals surface area contributed by atoms with Crippen molar-refractivity contribution in [2.75, 3.05) is 13.2 Å². The largest absolute Gasteiger partial charge is 0.481 e. The number of nitrogens with zero attached hydrogens (tertiary/aromatic N) is 1. The Bertz CT molecular complexity index is 543. The summed E-state index contributed by atoms with van der Waals surface area (Å²) in [5, 5.41) is 15.7. The van der Waals surface area contributed by atoms with Crippen molar-refractivity contribution in [3.8, 4) is 0 Å². The van der Waals surface area contributed by atoms with Gasteiger partial charge in [-0.05, 0) is 25.7 Å². The summed E-state index contributed by atoms with van der Waals surface area (Å²) >= 11 is 0. The molecule has 2 N–H and O–H groups in total. The lowest BCUT2D eigenvalue weighted by Crippen LogP contribution is -2.53. The Morgan fingerprint density at radius 2 is 2.10 bits per heavy atom. The van der Waals surface area contributed by atoms with Crippen molar-refractivity contribution in [1.29, 1.82) is 0 Å². The van der Waals surface area contributed by atoms with Crippen LogP contribution in [0.25, 0.3) is 0 Å². The quantitative estimate of drug-likeness (QED) is 0.849. The van der Waals surface area contributed by atoms with E-state index in [1.165, 1.54) is 0 Å². The number of rotatable bonds is 5. The average molecular weight is 294 g/mol. The average Bonchev–Trinajstić information content (AvgIpc) is 3.16. The van der Waals surface area contributed by atoms with E-state index in [0.29, 0.717) is 32.0 Å². The molecule has 2 fully saturated rings. The van der Waals surface area contributed by atoms with Crippen molar-refractivity contribution in [1.82, 2.24) is 10.5 Å². The Kier molecular flexibility index (Phi) is 3.67. The molecular weight excluding hydrogens is 276 g/mol. The second-order valence-electron chi connectivity index (χ2n) is 5.81. The zero-order valence-electron chi connectivity index (χ0n) is 11.6. The molecule has 114 valence electrons. The first-order valence-electron chi connectivity index (χ1n) is 7.17. The summed E-state index contributed by atoms with van der Waals surface area (Å²) in [4.78, 5) is 23.4. The fourth-order valence-electron chi connectivity index (χ4n) is 2.66. The van der Waals surface area contributed by atoms with Crippen molar-refractivity contribution in [2.24, 2.45) is 0 Å². The number of carboxylic acid groups (broad SMARTS) is 1. The van der Waals surface area contributed by atoms with Crippen LogP contribution >= 0.6 is 0 Å². The van der Waals surface area contributed by atoms with Crippen LogP contribution in [0.5, 0.6) is 0 Å². The first-order chi connectivity index (χ1) is 10.1. The second kappa shape index (κ2) is 5.48. The van der Waals surface area contributed by atoms with Crippen LogP contribution in [0, 0.1) is 0 Å². The summed E-state index contributed by atoms with van der Waals surface area (Å²) in [7, 11) is 0. The van der Waals surface area contributed by atoms with Gasteiger partial charge >= 0.3 is 5.97 Å². The molecule has 0 radical (unpaired) electrons. The molecule has 0 bridgehead atoms. The van der Waals surface area contributed by atoms with Gasteiger partial charge in [0, 0.05) is 25.2 Å². The smallest absolute Gasteiger partial charge is 0.305 e. The monoisotopic (exact) mass is 294 g/mol. The molecule has 3 rings (SSSR count). The lowest BCUT2D eigenvalue weighted by Gasteiger charge is -2.36. The van der Waals surface area contributed by atoms with E-state index in [0.717, 1.165) is 18.6 Å². The van der Waals surface area contributed by atoms with Gasteiger partial charge in [-0.2, -0.15) is 0 Å². The van der Waals surface area contributed by atoms with E-state index in [4.69, 9.17) is 14.4 Å². The van der Waals surface area contributed by atoms with Gasteiger partial charge < -0.3 is 19.7 Å². The lowest BCUT2D eigenvalue weighted by atomic mass is 9.86. The van der Waals surface area contributed by atoms with Crippen LogP contribution in [0.15, 0.2) is 10.6 Å². The molecule has 1 aromatic heterocycles. The van der Waals surface area contributed by atoms with Gasteiger partial charge in [0.2, 0.25) is 0 Å². The number of aliphatic carboxylic acids is 1. The molecule has 0 atom stereocenters. The van der Waals surface area contributed by atoms with E-state index in [2.05, 4.69) is 10.5 Å². The molecular formula is C14H18N2O5. The molecule has 1 aliphatic heterocycles. The number of carboxylic acids is 1. The predicted molar refractivity (Wildman–Crippen MR) is 71.0 cm³/mol. The third kappa shape index (κ3) is 3.24. The SMILES string of the molecule is O=C(O)CC1(NC(=O)c2cc(C3CC3)on2)CCOCC1. The molecule has 2 heterocycles. The molecule has 1 aliphatic carbocycles. The van der Waals surface area contributed by atoms with E-state index in [1.54, 1.807) is 6.07 Å². The molecule has 2 aliphatic rings. The van der Waals surface area contributed by atoms with E-state index in [-0.39, 0.29) is 18.0 Å². The Balaban J connectivity index is 1.71. The Hall–Kier alpha value is -1.89. The molecule has 1 aromatic rings. The number of ether oxygens (including phenoxy) is 1. The molecule has 1 amide bonds. The Labute approximate surface area is 121 Å². The zero-order chi connectivity index (χ0) is 14.9. The minimum atomic E-state index is -0.934. The van der Waals surface area contributed by atoms with Crippen LogP contribution in [0.1, 0.15) is 54.3 Å². The fraction of sp³-hybridized carbons (Fsp3) is 0.643. The summed E-state index contributed by atoms with van der Waals surface area (Å²) in [5.41, 5.74) is -0.548. The van der Waals surface area contributed by atoms with Crippen LogP contribution in [0.2, 0.25) is 0 Å². The normalized spacial score (nSPS) is 21.0. The molecule has 21 heavy (non-hydrogen) atoms. The summed E-state index contributed by atoms with van der Waals surface area (Å²) in [6.07, 6.45) is 2.99. The number of aromatic nitrogens is 1. The van der Waals surface area contributed by atoms with Crippen molar-refractivity contribution in [3.05, 3.63) is 17.5 Å². The first-order valence-corrected chi connectivity index (χ1v) is 7.17. The maximum atomic E-state index is 12.3. The van der Waals surface area contributed by atoms with E-state index >= 15 is 0 Å². The molecule has 7 nitrogen and oxygen atoms in total. The summed E-state index contributed by atoms with van der Waals surface area (Å²) in [6.45, 7) is 0.888. The molecule has 0 spiro atoms. The Morgan fingerprint density at radius 1 is 1.38 bits per heavy atom. The molecule has 7 heteroatoms. The standard InChI is InChI=1S/C14H18N2O5/c17-12(18)8-14(3-5-20-6-4-14)15-13(19)10-7-11(21-16-10)9-1-2-9/h7,9H,1-6,8H2,(H,15,19)(H,17,18). The second-order valence-corrected chi connectivity index (χ2v) is 5.81. The summed E-state index contributed by atoms with van der Waals surface area (Å²) in [6, 6.07) is 1.65. The van der Waals surface area contributed by atoms with Gasteiger partial charge in [0.25, 0.3) is 5.91 Å². The van der Waals surface area contributed by atoms with Crippen LogP contribution in [0.3, 0.4) is 0 Å². The molecule has 1 saturated heterocycles. The summed E-state index contributed by atoms with van der Waals surface area (Å²) < 4.78 is 10.4. The van der Waals surface area contributed by atoms with Gasteiger partial charge in [-0.3, -0.25) is 9.59 Å². The number of nitrogens with one attached hydrogen (secondary N) is 1. The van der Waals surface area contributed by atoms with Gasteiger partial charge in [-0.1, -0.05) is 5.16 Å². The first kappa shape index (κ1) is 14.1. The van der Waals surface area contributed by atoms with Crippen LogP contribution in [-0.2, 0) is 9.53 Å². The third-order valence-electron chi connectivity index (χ3n) is 4.06. The molecule has 0 unspecified atom stereocenters. The number of hydrogen-bond donors (Lipinski definition) is 2. The van der Waals surface area contributed by atoms with Crippen molar-refractivity contribution >= 4 is 11.9 Å². The van der Waals surface area contributed by atoms with Crippen molar-refractivity contribution < 1.29 is 24.0 Å². The van der Waals surface area contributed by atoms with Crippen molar-refractivity contribution in [3.63, 3.8) is 0 Å². The van der Waals surface area contributed by atoms with E-state index < -0.39 is 11.5 Å². The predicted octanol–water partition coefficient (Wildman–Crippen LogP) is 1.31. The minimum absolute atomic E-state index is 0.116. The number of carbonyl (C=O) groups is 2. The molecule has 0 aromatic carbocycles. The summed E-state index contributed by atoms with van der Waals surface area (Å²) in [5.74, 6) is -0.195. The van der Waals surface area contributed by atoms with E-state index in [9.17, 15) is 9.59 Å². The topological polar surface area (TPSA) is 102 Å². The maximum Gasteiger partial charge on any atom is 0.305 e. The van der Waals surface area contributed by atoms with Crippen molar-refractivity contribution in [2.45, 2.75) is 43.6 Å². The van der Waals surface area contributed by atoms with Gasteiger partial charge in [0.15, 0.2) is 5.69 Å². The highest BCUT2D eigenvalue weighted by Crippen LogP contribution is 2.40. The lowest BCUT2D eigenvalue weighted by molar-refractivity contribution is -0.139. The van der Waals surface area contributed by atoms with Gasteiger partial charge in [0.1, 0.15) is 5.76 Å². The van der Waals surface area contributed by atoms with Gasteiger partial charge in [-0.15, -0.1) is 0 Å². The minimum Gasteiger partial charge on any atom is -0.481 e. The van der Waals surface area contributed by atoms with Crippen LogP contribution in [0.4, 0.5) is 0 Å². The highest BCUT2D eigenvalue weighted by atomic mass is 16.5. The number of carbonyl (C=O) groups excluding carboxylic acids is 1. The van der Waals surface area contributed by atoms with Gasteiger partial charge in [0.05, 0.1) is 12.0 Å². The molecule has 1 saturated carbocycles. The highest BCUT2D eigenvalue weighted by molar-refractivity contribution is 5.93. The number of hydrogen-bond acceptors (Lipinski definition) is 5. The zero-order valence-corrected chi connectivity index (χ0v) is 11.6. The van der Waals surface area contributed by atoms with Crippen LogP contribution < -0.4 is 5.32 Å². The third-order valence-corrected chi connectivity index (χ3v) is 4.06. The van der Waals surface area contributed by atoms with E-state index in [1.807, 2.05) is 0 Å². The maximum absolute atomic E-state index is 12.3. The Morgan fingerprint density at radius 3 is 2.71 bits per heavy atom. The van der Waals surface area contributed by atoms with Gasteiger partial charge in [-0.25, -0.2) is 0 Å². The number of amides is 1. The van der Waals surface area contributed by atoms with Crippen LogP contribution in [-0.4, -0.2) is 40.9 Å². The fourth-order valence-corrected chi connectivity index (χ4v) is 2.66. The highest BCUT2D eigenvalue weighted by Gasteiger charge is 2.37.